The van der Waals surface area contributed by atoms with Crippen LogP contribution in [0.4, 0.5) is 5.69 Å². The van der Waals surface area contributed by atoms with Crippen molar-refractivity contribution >= 4 is 5.69 Å². The molecule has 100 valence electrons. The van der Waals surface area contributed by atoms with Crippen LogP contribution in [0.3, 0.4) is 0 Å². The van der Waals surface area contributed by atoms with Crippen LogP contribution in [0.2, 0.25) is 0 Å². The van der Waals surface area contributed by atoms with Crippen molar-refractivity contribution in [2.24, 2.45) is 5.92 Å². The van der Waals surface area contributed by atoms with Gasteiger partial charge < -0.3 is 15.6 Å². The maximum Gasteiger partial charge on any atom is 0.125 e. The van der Waals surface area contributed by atoms with Gasteiger partial charge in [0.05, 0.1) is 7.11 Å². The number of hydrogen-bond donors (Lipinski definition) is 2. The van der Waals surface area contributed by atoms with Crippen molar-refractivity contribution in [2.45, 2.75) is 19.4 Å². The van der Waals surface area contributed by atoms with Crippen molar-refractivity contribution in [1.82, 2.24) is 4.90 Å². The summed E-state index contributed by atoms with van der Waals surface area (Å²) in [5, 5.41) is 8.96. The standard InChI is InChI=1S/C14H22N2O2/c1-18-14-8-13(15)3-2-12(14)10-16-6-4-11(9-16)5-7-17/h2-3,8,11,17H,4-7,9-10,15H2,1H3. The van der Waals surface area contributed by atoms with E-state index in [1.165, 1.54) is 12.0 Å². The van der Waals surface area contributed by atoms with E-state index in [1.54, 1.807) is 7.11 Å². The first kappa shape index (κ1) is 13.2. The average Bonchev–Trinajstić information content (AvgIpc) is 2.79. The van der Waals surface area contributed by atoms with Crippen LogP contribution in [0.15, 0.2) is 18.2 Å². The SMILES string of the molecule is COc1cc(N)ccc1CN1CCC(CCO)C1. The molecule has 0 spiro atoms. The number of hydrogen-bond acceptors (Lipinski definition) is 4. The zero-order valence-corrected chi connectivity index (χ0v) is 10.9. The fourth-order valence-corrected chi connectivity index (χ4v) is 2.61. The highest BCUT2D eigenvalue weighted by Crippen LogP contribution is 2.26. The second-order valence-corrected chi connectivity index (χ2v) is 4.97. The van der Waals surface area contributed by atoms with Gasteiger partial charge in [-0.25, -0.2) is 0 Å². The van der Waals surface area contributed by atoms with E-state index in [9.17, 15) is 0 Å². The lowest BCUT2D eigenvalue weighted by molar-refractivity contribution is 0.248. The predicted octanol–water partition coefficient (Wildman–Crippen LogP) is 1.48. The summed E-state index contributed by atoms with van der Waals surface area (Å²) in [5.74, 6) is 1.50. The third kappa shape index (κ3) is 3.15. The summed E-state index contributed by atoms with van der Waals surface area (Å²) < 4.78 is 5.36. The molecule has 1 unspecified atom stereocenters. The van der Waals surface area contributed by atoms with E-state index in [-0.39, 0.29) is 0 Å². The number of anilines is 1. The molecular weight excluding hydrogens is 228 g/mol. The highest BCUT2D eigenvalue weighted by atomic mass is 16.5. The van der Waals surface area contributed by atoms with Crippen LogP contribution < -0.4 is 10.5 Å². The summed E-state index contributed by atoms with van der Waals surface area (Å²) in [7, 11) is 1.68. The zero-order chi connectivity index (χ0) is 13.0. The zero-order valence-electron chi connectivity index (χ0n) is 10.9. The number of nitrogens with zero attached hydrogens (tertiary/aromatic N) is 1. The Balaban J connectivity index is 1.98. The molecular formula is C14H22N2O2. The first-order valence-corrected chi connectivity index (χ1v) is 6.48. The van der Waals surface area contributed by atoms with Gasteiger partial charge in [0.1, 0.15) is 5.75 Å². The summed E-state index contributed by atoms with van der Waals surface area (Å²) in [5.41, 5.74) is 7.66. The van der Waals surface area contributed by atoms with Crippen LogP contribution in [0.25, 0.3) is 0 Å². The Hall–Kier alpha value is -1.26. The molecule has 3 N–H and O–H groups in total. The molecule has 1 aromatic rings. The van der Waals surface area contributed by atoms with E-state index < -0.39 is 0 Å². The monoisotopic (exact) mass is 250 g/mol. The van der Waals surface area contributed by atoms with Crippen molar-refractivity contribution in [1.29, 1.82) is 0 Å². The summed E-state index contributed by atoms with van der Waals surface area (Å²) in [6.07, 6.45) is 2.09. The van der Waals surface area contributed by atoms with Crippen molar-refractivity contribution in [2.75, 3.05) is 32.5 Å². The van der Waals surface area contributed by atoms with Crippen LogP contribution in [0, 0.1) is 5.92 Å². The summed E-state index contributed by atoms with van der Waals surface area (Å²) in [6, 6.07) is 5.82. The third-order valence-electron chi connectivity index (χ3n) is 3.61. The quantitative estimate of drug-likeness (QED) is 0.777. The Morgan fingerprint density at radius 3 is 3.06 bits per heavy atom. The Morgan fingerprint density at radius 1 is 1.50 bits per heavy atom. The molecule has 1 saturated heterocycles. The number of aliphatic hydroxyl groups excluding tert-OH is 1. The smallest absolute Gasteiger partial charge is 0.125 e. The second-order valence-electron chi connectivity index (χ2n) is 4.97. The molecule has 0 radical (unpaired) electrons. The van der Waals surface area contributed by atoms with E-state index in [2.05, 4.69) is 4.90 Å². The van der Waals surface area contributed by atoms with E-state index in [1.807, 2.05) is 18.2 Å². The van der Waals surface area contributed by atoms with Gasteiger partial charge in [-0.15, -0.1) is 0 Å². The Labute approximate surface area is 108 Å². The van der Waals surface area contributed by atoms with Crippen LogP contribution in [0.5, 0.6) is 5.75 Å². The van der Waals surface area contributed by atoms with Gasteiger partial charge in [-0.3, -0.25) is 4.90 Å². The van der Waals surface area contributed by atoms with E-state index in [4.69, 9.17) is 15.6 Å². The minimum atomic E-state index is 0.295. The van der Waals surface area contributed by atoms with Gasteiger partial charge in [-0.1, -0.05) is 6.07 Å². The second kappa shape index (κ2) is 6.07. The van der Waals surface area contributed by atoms with Gasteiger partial charge in [0, 0.05) is 37.0 Å². The average molecular weight is 250 g/mol. The van der Waals surface area contributed by atoms with Crippen molar-refractivity contribution in [3.8, 4) is 5.75 Å². The maximum atomic E-state index is 8.96. The molecule has 4 heteroatoms. The van der Waals surface area contributed by atoms with Crippen molar-refractivity contribution in [3.63, 3.8) is 0 Å². The van der Waals surface area contributed by atoms with Crippen LogP contribution in [0.1, 0.15) is 18.4 Å². The number of nitrogens with two attached hydrogens (primary N) is 1. The number of benzene rings is 1. The molecule has 18 heavy (non-hydrogen) atoms. The molecule has 0 amide bonds. The van der Waals surface area contributed by atoms with Gasteiger partial charge in [0.15, 0.2) is 0 Å². The van der Waals surface area contributed by atoms with Gasteiger partial charge >= 0.3 is 0 Å². The van der Waals surface area contributed by atoms with Gasteiger partial charge in [-0.2, -0.15) is 0 Å². The molecule has 1 aromatic carbocycles. The lowest BCUT2D eigenvalue weighted by atomic mass is 10.1. The normalized spacial score (nSPS) is 20.2. The molecule has 0 saturated carbocycles. The van der Waals surface area contributed by atoms with Crippen molar-refractivity contribution < 1.29 is 9.84 Å². The van der Waals surface area contributed by atoms with Crippen molar-refractivity contribution in [3.05, 3.63) is 23.8 Å². The molecule has 4 nitrogen and oxygen atoms in total. The number of methoxy groups -OCH3 is 1. The minimum Gasteiger partial charge on any atom is -0.496 e. The number of ether oxygens (including phenoxy) is 1. The Kier molecular flexibility index (Phi) is 4.44. The highest BCUT2D eigenvalue weighted by molar-refractivity contribution is 5.48. The minimum absolute atomic E-state index is 0.295. The summed E-state index contributed by atoms with van der Waals surface area (Å²) >= 11 is 0. The largest absolute Gasteiger partial charge is 0.496 e. The first-order valence-electron chi connectivity index (χ1n) is 6.48. The van der Waals surface area contributed by atoms with Gasteiger partial charge in [0.2, 0.25) is 0 Å². The molecule has 1 atom stereocenters. The number of likely N-dealkylation sites (tertiary alicyclic amines) is 1. The summed E-state index contributed by atoms with van der Waals surface area (Å²) in [4.78, 5) is 2.41. The van der Waals surface area contributed by atoms with Crippen LogP contribution in [-0.4, -0.2) is 36.8 Å². The number of nitrogen functional groups attached to an aromatic ring is 1. The molecule has 1 aliphatic rings. The maximum absolute atomic E-state index is 8.96. The fourth-order valence-electron chi connectivity index (χ4n) is 2.61. The Bertz CT molecular complexity index is 395. The van der Waals surface area contributed by atoms with E-state index in [0.29, 0.717) is 12.5 Å². The molecule has 2 rings (SSSR count). The summed E-state index contributed by atoms with van der Waals surface area (Å²) in [6.45, 7) is 3.35. The van der Waals surface area contributed by atoms with Crippen LogP contribution in [-0.2, 0) is 6.54 Å². The molecule has 1 fully saturated rings. The molecule has 0 bridgehead atoms. The molecule has 0 aromatic heterocycles. The topological polar surface area (TPSA) is 58.7 Å². The molecule has 1 aliphatic heterocycles. The first-order chi connectivity index (χ1) is 8.72. The highest BCUT2D eigenvalue weighted by Gasteiger charge is 2.22. The van der Waals surface area contributed by atoms with E-state index >= 15 is 0 Å². The van der Waals surface area contributed by atoms with Gasteiger partial charge in [-0.05, 0) is 31.4 Å². The van der Waals surface area contributed by atoms with Crippen LogP contribution >= 0.6 is 0 Å². The molecule has 1 heterocycles. The predicted molar refractivity (Wildman–Crippen MR) is 72.5 cm³/mol. The third-order valence-corrected chi connectivity index (χ3v) is 3.61. The van der Waals surface area contributed by atoms with Gasteiger partial charge in [0.25, 0.3) is 0 Å². The fraction of sp³-hybridized carbons (Fsp3) is 0.571. The lowest BCUT2D eigenvalue weighted by Crippen LogP contribution is -2.20. The number of rotatable bonds is 5. The Morgan fingerprint density at radius 2 is 2.33 bits per heavy atom. The molecule has 0 aliphatic carbocycles. The number of aliphatic hydroxyl groups is 1. The lowest BCUT2D eigenvalue weighted by Gasteiger charge is -2.18. The van der Waals surface area contributed by atoms with E-state index in [0.717, 1.165) is 37.5 Å².